The van der Waals surface area contributed by atoms with Gasteiger partial charge in [0.05, 0.1) is 12.4 Å². The summed E-state index contributed by atoms with van der Waals surface area (Å²) >= 11 is 5.74. The van der Waals surface area contributed by atoms with Gasteiger partial charge in [-0.1, -0.05) is 72.8 Å². The monoisotopic (exact) mass is 503 g/mol. The zero-order chi connectivity index (χ0) is 24.9. The Labute approximate surface area is 214 Å². The Morgan fingerprint density at radius 2 is 1.50 bits per heavy atom. The molecule has 1 fully saturated rings. The maximum absolute atomic E-state index is 14.8. The van der Waals surface area contributed by atoms with Crippen LogP contribution in [-0.2, 0) is 6.67 Å². The molecule has 1 aromatic heterocycles. The van der Waals surface area contributed by atoms with Gasteiger partial charge in [-0.2, -0.15) is 0 Å². The molecule has 36 heavy (non-hydrogen) atoms. The van der Waals surface area contributed by atoms with Crippen LogP contribution in [-0.4, -0.2) is 56.9 Å². The molecule has 0 amide bonds. The van der Waals surface area contributed by atoms with Gasteiger partial charge in [0.25, 0.3) is 0 Å². The number of hydrogen-bond acceptors (Lipinski definition) is 4. The first-order valence-electron chi connectivity index (χ1n) is 12.0. The van der Waals surface area contributed by atoms with Gasteiger partial charge in [-0.15, -0.1) is 5.10 Å². The number of hydrogen-bond donors (Lipinski definition) is 0. The van der Waals surface area contributed by atoms with E-state index < -0.39 is 11.6 Å². The van der Waals surface area contributed by atoms with Crippen LogP contribution in [0.25, 0.3) is 23.2 Å². The van der Waals surface area contributed by atoms with Crippen molar-refractivity contribution in [2.24, 2.45) is 0 Å². The van der Waals surface area contributed by atoms with E-state index in [0.717, 1.165) is 44.4 Å². The molecule has 0 N–H and O–H groups in total. The van der Waals surface area contributed by atoms with Crippen LogP contribution in [0, 0.1) is 16.4 Å². The maximum atomic E-state index is 14.8. The summed E-state index contributed by atoms with van der Waals surface area (Å²) in [5.74, 6) is -0.788. The van der Waals surface area contributed by atoms with Crippen molar-refractivity contribution in [3.63, 3.8) is 0 Å². The molecule has 1 saturated heterocycles. The van der Waals surface area contributed by atoms with E-state index in [0.29, 0.717) is 17.3 Å². The topological polar surface area (TPSA) is 29.2 Å². The first kappa shape index (κ1) is 24.2. The lowest BCUT2D eigenvalue weighted by atomic mass is 10.2. The van der Waals surface area contributed by atoms with Crippen molar-refractivity contribution in [1.82, 2.24) is 24.1 Å². The second-order valence-corrected chi connectivity index (χ2v) is 9.14. The van der Waals surface area contributed by atoms with E-state index in [1.165, 1.54) is 17.7 Å². The third kappa shape index (κ3) is 5.51. The van der Waals surface area contributed by atoms with Crippen LogP contribution in [0.2, 0.25) is 0 Å². The number of aromatic nitrogens is 3. The normalized spacial score (nSPS) is 15.1. The summed E-state index contributed by atoms with van der Waals surface area (Å²) < 4.78 is 32.0. The van der Waals surface area contributed by atoms with Crippen LogP contribution in [0.4, 0.5) is 8.78 Å². The SMILES string of the molecule is Fc1ccc(-n2c(-c3ccccc3)nn(CN3CCN(CC=Cc4ccccc4)CC3)c2=S)c(F)c1. The van der Waals surface area contributed by atoms with Crippen molar-refractivity contribution in [1.29, 1.82) is 0 Å². The Balaban J connectivity index is 1.31. The number of benzene rings is 3. The van der Waals surface area contributed by atoms with Gasteiger partial charge >= 0.3 is 0 Å². The van der Waals surface area contributed by atoms with Crippen molar-refractivity contribution in [2.75, 3.05) is 32.7 Å². The van der Waals surface area contributed by atoms with Crippen molar-refractivity contribution in [3.8, 4) is 17.1 Å². The molecule has 0 saturated carbocycles. The Kier molecular flexibility index (Phi) is 7.46. The summed E-state index contributed by atoms with van der Waals surface area (Å²) in [6.07, 6.45) is 4.35. The fraction of sp³-hybridized carbons (Fsp3) is 0.214. The molecule has 184 valence electrons. The molecule has 0 radical (unpaired) electrons. The molecule has 8 heteroatoms. The van der Waals surface area contributed by atoms with Gasteiger partial charge in [0.15, 0.2) is 5.82 Å². The van der Waals surface area contributed by atoms with Crippen LogP contribution < -0.4 is 0 Å². The van der Waals surface area contributed by atoms with Crippen molar-refractivity contribution >= 4 is 18.3 Å². The lowest BCUT2D eigenvalue weighted by Crippen LogP contribution is -2.46. The minimum absolute atomic E-state index is 0.182. The zero-order valence-corrected chi connectivity index (χ0v) is 20.6. The minimum atomic E-state index is -0.681. The van der Waals surface area contributed by atoms with E-state index in [2.05, 4.69) is 34.1 Å². The fourth-order valence-electron chi connectivity index (χ4n) is 4.36. The Bertz CT molecular complexity index is 1390. The molecule has 5 rings (SSSR count). The molecule has 1 aliphatic rings. The fourth-order valence-corrected chi connectivity index (χ4v) is 4.64. The number of piperazine rings is 1. The Morgan fingerprint density at radius 1 is 0.833 bits per heavy atom. The molecular formula is C28H27F2N5S. The standard InChI is InChI=1S/C28H27F2N5S/c29-24-13-14-26(25(30)20-24)35-27(23-11-5-2-6-12-23)31-34(28(35)36)21-33-18-16-32(17-19-33)15-7-10-22-8-3-1-4-9-22/h1-14,20H,15-19,21H2. The van der Waals surface area contributed by atoms with E-state index in [4.69, 9.17) is 17.3 Å². The quantitative estimate of drug-likeness (QED) is 0.306. The van der Waals surface area contributed by atoms with Gasteiger partial charge in [-0.05, 0) is 29.9 Å². The third-order valence-corrected chi connectivity index (χ3v) is 6.69. The molecule has 0 unspecified atom stereocenters. The van der Waals surface area contributed by atoms with Crippen LogP contribution in [0.3, 0.4) is 0 Å². The summed E-state index contributed by atoms with van der Waals surface area (Å²) in [5, 5.41) is 4.76. The van der Waals surface area contributed by atoms with E-state index in [1.807, 2.05) is 48.5 Å². The molecule has 5 nitrogen and oxygen atoms in total. The molecule has 0 bridgehead atoms. The Morgan fingerprint density at radius 3 is 2.19 bits per heavy atom. The van der Waals surface area contributed by atoms with Gasteiger partial charge in [-0.3, -0.25) is 14.4 Å². The second kappa shape index (κ2) is 11.1. The predicted molar refractivity (Wildman–Crippen MR) is 141 cm³/mol. The summed E-state index contributed by atoms with van der Waals surface area (Å²) in [6, 6.07) is 23.3. The molecule has 1 aliphatic heterocycles. The molecule has 2 heterocycles. The van der Waals surface area contributed by atoms with Crippen molar-refractivity contribution in [3.05, 3.63) is 107 Å². The zero-order valence-electron chi connectivity index (χ0n) is 19.8. The average Bonchev–Trinajstić information content (AvgIpc) is 3.22. The van der Waals surface area contributed by atoms with Crippen LogP contribution in [0.5, 0.6) is 0 Å². The van der Waals surface area contributed by atoms with Gasteiger partial charge in [-0.25, -0.2) is 13.5 Å². The van der Waals surface area contributed by atoms with Crippen LogP contribution >= 0.6 is 12.2 Å². The van der Waals surface area contributed by atoms with Gasteiger partial charge in [0.1, 0.15) is 11.6 Å². The van der Waals surface area contributed by atoms with E-state index in [9.17, 15) is 8.78 Å². The molecule has 0 atom stereocenters. The number of halogens is 2. The van der Waals surface area contributed by atoms with E-state index >= 15 is 0 Å². The lowest BCUT2D eigenvalue weighted by Gasteiger charge is -2.33. The number of nitrogens with zero attached hydrogens (tertiary/aromatic N) is 5. The smallest absolute Gasteiger partial charge is 0.204 e. The van der Waals surface area contributed by atoms with Crippen LogP contribution in [0.1, 0.15) is 5.56 Å². The highest BCUT2D eigenvalue weighted by molar-refractivity contribution is 7.71. The average molecular weight is 504 g/mol. The summed E-state index contributed by atoms with van der Waals surface area (Å²) in [7, 11) is 0. The predicted octanol–water partition coefficient (Wildman–Crippen LogP) is 5.64. The van der Waals surface area contributed by atoms with Gasteiger partial charge in [0, 0.05) is 44.4 Å². The summed E-state index contributed by atoms with van der Waals surface area (Å²) in [5.41, 5.74) is 2.19. The minimum Gasteiger partial charge on any atom is -0.297 e. The highest BCUT2D eigenvalue weighted by Gasteiger charge is 2.21. The lowest BCUT2D eigenvalue weighted by molar-refractivity contribution is 0.110. The van der Waals surface area contributed by atoms with E-state index in [-0.39, 0.29) is 5.69 Å². The third-order valence-electron chi connectivity index (χ3n) is 6.29. The molecule has 0 spiro atoms. The van der Waals surface area contributed by atoms with Gasteiger partial charge < -0.3 is 0 Å². The van der Waals surface area contributed by atoms with Crippen LogP contribution in [0.15, 0.2) is 84.9 Å². The van der Waals surface area contributed by atoms with Gasteiger partial charge in [0.2, 0.25) is 4.77 Å². The molecule has 0 aliphatic carbocycles. The maximum Gasteiger partial charge on any atom is 0.204 e. The highest BCUT2D eigenvalue weighted by atomic mass is 32.1. The second-order valence-electron chi connectivity index (χ2n) is 8.78. The first-order valence-corrected chi connectivity index (χ1v) is 12.4. The van der Waals surface area contributed by atoms with E-state index in [1.54, 1.807) is 9.25 Å². The number of rotatable bonds is 7. The molecular weight excluding hydrogens is 476 g/mol. The highest BCUT2D eigenvalue weighted by Crippen LogP contribution is 2.25. The molecule has 4 aromatic rings. The molecule has 3 aromatic carbocycles. The summed E-state index contributed by atoms with van der Waals surface area (Å²) in [4.78, 5) is 4.71. The van der Waals surface area contributed by atoms with Crippen molar-refractivity contribution < 1.29 is 8.78 Å². The Hall–Kier alpha value is -3.46. The summed E-state index contributed by atoms with van der Waals surface area (Å²) in [6.45, 7) is 5.02. The van der Waals surface area contributed by atoms with Crippen molar-refractivity contribution in [2.45, 2.75) is 6.67 Å². The first-order chi connectivity index (χ1) is 17.6. The largest absolute Gasteiger partial charge is 0.297 e.